The van der Waals surface area contributed by atoms with Gasteiger partial charge in [-0.2, -0.15) is 0 Å². The number of aliphatic hydroxyl groups is 2. The minimum atomic E-state index is -0.109. The molecule has 2 aliphatic rings. The Labute approximate surface area is 60.9 Å². The normalized spacial score (nSPS) is 53.4. The number of hydrogen-bond acceptors (Lipinski definition) is 2. The molecule has 2 fully saturated rings. The van der Waals surface area contributed by atoms with Crippen molar-refractivity contribution in [2.24, 2.45) is 11.8 Å². The molecule has 4 atom stereocenters. The van der Waals surface area contributed by atoms with Crippen molar-refractivity contribution in [3.8, 4) is 0 Å². The summed E-state index contributed by atoms with van der Waals surface area (Å²) in [6.45, 7) is 0. The lowest BCUT2D eigenvalue weighted by Gasteiger charge is -2.13. The smallest absolute Gasteiger partial charge is 0.0572 e. The van der Waals surface area contributed by atoms with E-state index in [4.69, 9.17) is 0 Å². The molecule has 1 unspecified atom stereocenters. The van der Waals surface area contributed by atoms with E-state index in [1.165, 1.54) is 0 Å². The third-order valence-corrected chi connectivity index (χ3v) is 3.13. The number of hydrogen-bond donors (Lipinski definition) is 2. The van der Waals surface area contributed by atoms with Crippen molar-refractivity contribution < 1.29 is 10.2 Å². The van der Waals surface area contributed by atoms with Gasteiger partial charge in [0.25, 0.3) is 0 Å². The van der Waals surface area contributed by atoms with Crippen LogP contribution in [0.5, 0.6) is 0 Å². The molecule has 2 heteroatoms. The summed E-state index contributed by atoms with van der Waals surface area (Å²) in [6, 6.07) is 0. The highest BCUT2D eigenvalue weighted by molar-refractivity contribution is 4.93. The lowest BCUT2D eigenvalue weighted by molar-refractivity contribution is 0.0988. The van der Waals surface area contributed by atoms with Gasteiger partial charge in [0.2, 0.25) is 0 Å². The van der Waals surface area contributed by atoms with Gasteiger partial charge in [-0.3, -0.25) is 0 Å². The van der Waals surface area contributed by atoms with Gasteiger partial charge in [-0.05, 0) is 37.5 Å². The van der Waals surface area contributed by atoms with Gasteiger partial charge in [-0.25, -0.2) is 0 Å². The zero-order valence-electron chi connectivity index (χ0n) is 6.03. The molecule has 0 radical (unpaired) electrons. The predicted octanol–water partition coefficient (Wildman–Crippen LogP) is 0.528. The van der Waals surface area contributed by atoms with Crippen molar-refractivity contribution in [3.05, 3.63) is 0 Å². The maximum absolute atomic E-state index is 9.41. The first kappa shape index (κ1) is 6.62. The lowest BCUT2D eigenvalue weighted by Crippen LogP contribution is -2.18. The molecule has 0 amide bonds. The fraction of sp³-hybridized carbons (Fsp3) is 1.00. The van der Waals surface area contributed by atoms with E-state index in [1.54, 1.807) is 0 Å². The van der Waals surface area contributed by atoms with Gasteiger partial charge >= 0.3 is 0 Å². The van der Waals surface area contributed by atoms with Crippen LogP contribution in [0.25, 0.3) is 0 Å². The van der Waals surface area contributed by atoms with Crippen LogP contribution in [-0.2, 0) is 0 Å². The molecule has 2 aliphatic carbocycles. The largest absolute Gasteiger partial charge is 0.393 e. The Kier molecular flexibility index (Phi) is 1.46. The summed E-state index contributed by atoms with van der Waals surface area (Å²) in [5.74, 6) is 0.852. The van der Waals surface area contributed by atoms with E-state index in [0.717, 1.165) is 25.7 Å². The standard InChI is InChI=1S/C8H14O2/c9-7-3-1-5-6(7)2-4-8(5)10/h5-10H,1-4H2/t5-,6-,7-,8?/m0/s1. The van der Waals surface area contributed by atoms with Gasteiger partial charge in [0.1, 0.15) is 0 Å². The second kappa shape index (κ2) is 2.21. The highest BCUT2D eigenvalue weighted by atomic mass is 16.3. The maximum atomic E-state index is 9.41. The molecule has 58 valence electrons. The average Bonchev–Trinajstić information content (AvgIpc) is 2.41. The molecular weight excluding hydrogens is 128 g/mol. The Hall–Kier alpha value is -0.0800. The highest BCUT2D eigenvalue weighted by Gasteiger charge is 2.43. The number of rotatable bonds is 0. The molecule has 10 heavy (non-hydrogen) atoms. The Morgan fingerprint density at radius 1 is 0.700 bits per heavy atom. The third kappa shape index (κ3) is 0.789. The minimum Gasteiger partial charge on any atom is -0.393 e. The summed E-state index contributed by atoms with van der Waals surface area (Å²) >= 11 is 0. The Balaban J connectivity index is 2.09. The summed E-state index contributed by atoms with van der Waals surface area (Å²) in [4.78, 5) is 0. The van der Waals surface area contributed by atoms with E-state index < -0.39 is 0 Å². The topological polar surface area (TPSA) is 40.5 Å². The van der Waals surface area contributed by atoms with Crippen LogP contribution in [0, 0.1) is 11.8 Å². The molecule has 0 aliphatic heterocycles. The summed E-state index contributed by atoms with van der Waals surface area (Å²) in [5.41, 5.74) is 0. The molecule has 2 saturated carbocycles. The molecule has 0 spiro atoms. The fourth-order valence-corrected chi connectivity index (χ4v) is 2.54. The van der Waals surface area contributed by atoms with Crippen LogP contribution < -0.4 is 0 Å². The van der Waals surface area contributed by atoms with Crippen molar-refractivity contribution in [3.63, 3.8) is 0 Å². The van der Waals surface area contributed by atoms with Crippen LogP contribution in [0.2, 0.25) is 0 Å². The first-order valence-corrected chi connectivity index (χ1v) is 4.15. The molecule has 0 bridgehead atoms. The SMILES string of the molecule is OC1CC[C@H]2[C@@H]1CC[C@@H]2O. The average molecular weight is 142 g/mol. The summed E-state index contributed by atoms with van der Waals surface area (Å²) < 4.78 is 0. The monoisotopic (exact) mass is 142 g/mol. The molecule has 2 rings (SSSR count). The van der Waals surface area contributed by atoms with E-state index in [2.05, 4.69) is 0 Å². The summed E-state index contributed by atoms with van der Waals surface area (Å²) in [7, 11) is 0. The molecule has 0 saturated heterocycles. The Morgan fingerprint density at radius 3 is 1.50 bits per heavy atom. The third-order valence-electron chi connectivity index (χ3n) is 3.13. The molecule has 0 aromatic heterocycles. The van der Waals surface area contributed by atoms with Crippen molar-refractivity contribution in [1.29, 1.82) is 0 Å². The van der Waals surface area contributed by atoms with Crippen LogP contribution in [0.3, 0.4) is 0 Å². The van der Waals surface area contributed by atoms with E-state index in [-0.39, 0.29) is 12.2 Å². The van der Waals surface area contributed by atoms with Gasteiger partial charge < -0.3 is 10.2 Å². The Morgan fingerprint density at radius 2 is 1.10 bits per heavy atom. The second-order valence-electron chi connectivity index (χ2n) is 3.62. The van der Waals surface area contributed by atoms with Crippen molar-refractivity contribution in [2.45, 2.75) is 37.9 Å². The predicted molar refractivity (Wildman–Crippen MR) is 37.5 cm³/mol. The van der Waals surface area contributed by atoms with Crippen molar-refractivity contribution >= 4 is 0 Å². The van der Waals surface area contributed by atoms with E-state index in [1.807, 2.05) is 0 Å². The molecule has 0 aromatic carbocycles. The van der Waals surface area contributed by atoms with Crippen molar-refractivity contribution in [1.82, 2.24) is 0 Å². The van der Waals surface area contributed by atoms with Crippen LogP contribution in [0.15, 0.2) is 0 Å². The van der Waals surface area contributed by atoms with Gasteiger partial charge in [-0.15, -0.1) is 0 Å². The molecule has 0 heterocycles. The van der Waals surface area contributed by atoms with Gasteiger partial charge in [0, 0.05) is 0 Å². The first-order valence-electron chi connectivity index (χ1n) is 4.15. The first-order chi connectivity index (χ1) is 4.79. The molecular formula is C8H14O2. The second-order valence-corrected chi connectivity index (χ2v) is 3.62. The van der Waals surface area contributed by atoms with E-state index >= 15 is 0 Å². The summed E-state index contributed by atoms with van der Waals surface area (Å²) in [5, 5.41) is 18.8. The maximum Gasteiger partial charge on any atom is 0.0572 e. The highest BCUT2D eigenvalue weighted by Crippen LogP contribution is 2.43. The zero-order valence-corrected chi connectivity index (χ0v) is 6.03. The zero-order chi connectivity index (χ0) is 7.14. The van der Waals surface area contributed by atoms with Crippen molar-refractivity contribution in [2.75, 3.05) is 0 Å². The molecule has 0 aromatic rings. The molecule has 2 nitrogen and oxygen atoms in total. The fourth-order valence-electron chi connectivity index (χ4n) is 2.54. The number of aliphatic hydroxyl groups excluding tert-OH is 2. The summed E-state index contributed by atoms with van der Waals surface area (Å²) in [6.07, 6.45) is 3.67. The quantitative estimate of drug-likeness (QED) is 0.518. The number of fused-ring (bicyclic) bond motifs is 1. The van der Waals surface area contributed by atoms with Crippen LogP contribution in [-0.4, -0.2) is 22.4 Å². The molecule has 2 N–H and O–H groups in total. The van der Waals surface area contributed by atoms with Crippen LogP contribution in [0.1, 0.15) is 25.7 Å². The minimum absolute atomic E-state index is 0.109. The lowest BCUT2D eigenvalue weighted by atomic mass is 9.98. The van der Waals surface area contributed by atoms with E-state index in [0.29, 0.717) is 11.8 Å². The van der Waals surface area contributed by atoms with Crippen LogP contribution in [0.4, 0.5) is 0 Å². The van der Waals surface area contributed by atoms with Gasteiger partial charge in [0.15, 0.2) is 0 Å². The van der Waals surface area contributed by atoms with Crippen LogP contribution >= 0.6 is 0 Å². The van der Waals surface area contributed by atoms with Gasteiger partial charge in [0.05, 0.1) is 12.2 Å². The van der Waals surface area contributed by atoms with E-state index in [9.17, 15) is 10.2 Å². The Bertz CT molecular complexity index is 119. The van der Waals surface area contributed by atoms with Gasteiger partial charge in [-0.1, -0.05) is 0 Å².